The van der Waals surface area contributed by atoms with Crippen LogP contribution in [0.3, 0.4) is 0 Å². The van der Waals surface area contributed by atoms with E-state index in [1.165, 1.54) is 31.7 Å². The molecule has 2 rings (SSSR count). The molecule has 0 bridgehead atoms. The highest BCUT2D eigenvalue weighted by atomic mass is 16.5. The van der Waals surface area contributed by atoms with Crippen molar-refractivity contribution in [3.8, 4) is 6.07 Å². The van der Waals surface area contributed by atoms with Gasteiger partial charge in [-0.2, -0.15) is 5.26 Å². The predicted molar refractivity (Wildman–Crippen MR) is 106 cm³/mol. The molecule has 0 aromatic rings. The van der Waals surface area contributed by atoms with E-state index in [9.17, 15) is 10.1 Å². The maximum Gasteiger partial charge on any atom is 0.329 e. The SMILES string of the molecule is C=CN=C(C(=NC=C)N1CCNCC1)C(C#N)C(=O)OCC1CCCCC1. The fraction of sp³-hybridized carbons (Fsp3) is 0.600. The number of carbonyl (C=O) groups excluding carboxylic acids is 1. The first-order valence-corrected chi connectivity index (χ1v) is 9.60. The van der Waals surface area contributed by atoms with E-state index < -0.39 is 11.9 Å². The Hall–Kier alpha value is -2.46. The molecule has 2 fully saturated rings. The molecule has 27 heavy (non-hydrogen) atoms. The second-order valence-electron chi connectivity index (χ2n) is 6.77. The third kappa shape index (κ3) is 6.04. The van der Waals surface area contributed by atoms with Crippen molar-refractivity contribution in [2.24, 2.45) is 21.8 Å². The third-order valence-corrected chi connectivity index (χ3v) is 4.91. The van der Waals surface area contributed by atoms with Gasteiger partial charge in [0.05, 0.1) is 12.7 Å². The standard InChI is InChI=1S/C20H29N5O2/c1-3-23-18(19(24-4-2)25-12-10-22-11-13-25)17(14-21)20(26)27-15-16-8-6-5-7-9-16/h3-4,16-17,22H,1-2,5-13,15H2. The zero-order valence-electron chi connectivity index (χ0n) is 15.9. The normalized spacial score (nSPS) is 20.5. The van der Waals surface area contributed by atoms with Crippen molar-refractivity contribution in [2.45, 2.75) is 32.1 Å². The number of nitrogens with one attached hydrogen (secondary N) is 1. The van der Waals surface area contributed by atoms with Gasteiger partial charge in [0, 0.05) is 38.6 Å². The maximum atomic E-state index is 12.7. The van der Waals surface area contributed by atoms with Gasteiger partial charge in [0.25, 0.3) is 0 Å². The minimum Gasteiger partial charge on any atom is -0.464 e. The van der Waals surface area contributed by atoms with Gasteiger partial charge in [-0.05, 0) is 18.8 Å². The number of esters is 1. The van der Waals surface area contributed by atoms with E-state index in [2.05, 4.69) is 28.5 Å². The number of hydrogen-bond acceptors (Lipinski definition) is 6. The lowest BCUT2D eigenvalue weighted by atomic mass is 9.90. The molecular formula is C20H29N5O2. The number of nitriles is 1. The minimum atomic E-state index is -1.14. The summed E-state index contributed by atoms with van der Waals surface area (Å²) in [4.78, 5) is 23.2. The average molecular weight is 371 g/mol. The molecule has 0 aromatic carbocycles. The number of piperazine rings is 1. The van der Waals surface area contributed by atoms with E-state index in [1.807, 2.05) is 11.0 Å². The minimum absolute atomic E-state index is 0.267. The Morgan fingerprint density at radius 1 is 1.22 bits per heavy atom. The molecular weight excluding hydrogens is 342 g/mol. The average Bonchev–Trinajstić information content (AvgIpc) is 2.72. The fourth-order valence-corrected chi connectivity index (χ4v) is 3.50. The number of carbonyl (C=O) groups is 1. The van der Waals surface area contributed by atoms with Gasteiger partial charge in [-0.25, -0.2) is 4.99 Å². The number of nitrogens with zero attached hydrogens (tertiary/aromatic N) is 4. The zero-order chi connectivity index (χ0) is 19.5. The molecule has 2 aliphatic rings. The molecule has 7 heteroatoms. The smallest absolute Gasteiger partial charge is 0.329 e. The summed E-state index contributed by atoms with van der Waals surface area (Å²) in [5.41, 5.74) is 0.267. The Morgan fingerprint density at radius 2 is 1.89 bits per heavy atom. The first-order chi connectivity index (χ1) is 13.2. The van der Waals surface area contributed by atoms with Crippen LogP contribution >= 0.6 is 0 Å². The van der Waals surface area contributed by atoms with Crippen molar-refractivity contribution >= 4 is 17.5 Å². The molecule has 1 heterocycles. The van der Waals surface area contributed by atoms with Gasteiger partial charge in [-0.15, -0.1) is 0 Å². The topological polar surface area (TPSA) is 90.1 Å². The second-order valence-corrected chi connectivity index (χ2v) is 6.77. The molecule has 0 spiro atoms. The van der Waals surface area contributed by atoms with E-state index >= 15 is 0 Å². The summed E-state index contributed by atoms with van der Waals surface area (Å²) < 4.78 is 5.49. The zero-order valence-corrected chi connectivity index (χ0v) is 15.9. The maximum absolute atomic E-state index is 12.7. The summed E-state index contributed by atoms with van der Waals surface area (Å²) in [5, 5.41) is 12.9. The van der Waals surface area contributed by atoms with Gasteiger partial charge >= 0.3 is 5.97 Å². The quantitative estimate of drug-likeness (QED) is 0.421. The summed E-state index contributed by atoms with van der Waals surface area (Å²) in [6.45, 7) is 10.6. The molecule has 146 valence electrons. The highest BCUT2D eigenvalue weighted by molar-refractivity contribution is 6.45. The van der Waals surface area contributed by atoms with E-state index in [0.29, 0.717) is 31.4 Å². The molecule has 1 saturated heterocycles. The number of aliphatic imine (C=N–C) groups is 2. The van der Waals surface area contributed by atoms with Crippen LogP contribution in [-0.4, -0.2) is 55.2 Å². The van der Waals surface area contributed by atoms with Crippen LogP contribution in [-0.2, 0) is 9.53 Å². The van der Waals surface area contributed by atoms with E-state index in [1.54, 1.807) is 0 Å². The molecule has 0 amide bonds. The molecule has 1 N–H and O–H groups in total. The summed E-state index contributed by atoms with van der Waals surface area (Å²) in [6.07, 6.45) is 8.46. The summed E-state index contributed by atoms with van der Waals surface area (Å²) in [6, 6.07) is 2.04. The van der Waals surface area contributed by atoms with Crippen LogP contribution in [0.5, 0.6) is 0 Å². The summed E-state index contributed by atoms with van der Waals surface area (Å²) in [7, 11) is 0. The highest BCUT2D eigenvalue weighted by Gasteiger charge is 2.32. The molecule has 1 aliphatic heterocycles. The van der Waals surface area contributed by atoms with Gasteiger partial charge in [-0.3, -0.25) is 9.79 Å². The second kappa shape index (κ2) is 11.3. The lowest BCUT2D eigenvalue weighted by Gasteiger charge is -2.31. The van der Waals surface area contributed by atoms with E-state index in [4.69, 9.17) is 4.74 Å². The van der Waals surface area contributed by atoms with E-state index in [-0.39, 0.29) is 5.71 Å². The van der Waals surface area contributed by atoms with Crippen LogP contribution in [0.25, 0.3) is 0 Å². The lowest BCUT2D eigenvalue weighted by Crippen LogP contribution is -2.50. The number of rotatable bonds is 7. The molecule has 1 aliphatic carbocycles. The Labute approximate surface area is 161 Å². The van der Waals surface area contributed by atoms with Crippen molar-refractivity contribution < 1.29 is 9.53 Å². The molecule has 1 unspecified atom stereocenters. The molecule has 1 atom stereocenters. The third-order valence-electron chi connectivity index (χ3n) is 4.91. The van der Waals surface area contributed by atoms with Crippen LogP contribution in [0, 0.1) is 23.2 Å². The Balaban J connectivity index is 2.14. The largest absolute Gasteiger partial charge is 0.464 e. The van der Waals surface area contributed by atoms with Crippen molar-refractivity contribution in [3.05, 3.63) is 25.6 Å². The van der Waals surface area contributed by atoms with Crippen molar-refractivity contribution in [1.82, 2.24) is 10.2 Å². The number of ether oxygens (including phenoxy) is 1. The molecule has 0 aromatic heterocycles. The first-order valence-electron chi connectivity index (χ1n) is 9.60. The Morgan fingerprint density at radius 3 is 2.48 bits per heavy atom. The van der Waals surface area contributed by atoms with Gasteiger partial charge in [0.1, 0.15) is 5.71 Å². The van der Waals surface area contributed by atoms with Crippen LogP contribution < -0.4 is 5.32 Å². The van der Waals surface area contributed by atoms with Crippen molar-refractivity contribution in [3.63, 3.8) is 0 Å². The molecule has 0 radical (unpaired) electrons. The van der Waals surface area contributed by atoms with Crippen molar-refractivity contribution in [1.29, 1.82) is 5.26 Å². The van der Waals surface area contributed by atoms with Gasteiger partial charge in [0.2, 0.25) is 0 Å². The van der Waals surface area contributed by atoms with Crippen LogP contribution in [0.4, 0.5) is 0 Å². The fourth-order valence-electron chi connectivity index (χ4n) is 3.50. The van der Waals surface area contributed by atoms with Crippen LogP contribution in [0.15, 0.2) is 35.5 Å². The monoisotopic (exact) mass is 371 g/mol. The van der Waals surface area contributed by atoms with Gasteiger partial charge in [0.15, 0.2) is 11.8 Å². The molecule has 1 saturated carbocycles. The van der Waals surface area contributed by atoms with Gasteiger partial charge in [-0.1, -0.05) is 32.4 Å². The summed E-state index contributed by atoms with van der Waals surface area (Å²) >= 11 is 0. The van der Waals surface area contributed by atoms with Crippen molar-refractivity contribution in [2.75, 3.05) is 32.8 Å². The number of hydrogen-bond donors (Lipinski definition) is 1. The highest BCUT2D eigenvalue weighted by Crippen LogP contribution is 2.24. The van der Waals surface area contributed by atoms with Gasteiger partial charge < -0.3 is 15.0 Å². The van der Waals surface area contributed by atoms with Crippen LogP contribution in [0.2, 0.25) is 0 Å². The lowest BCUT2D eigenvalue weighted by molar-refractivity contribution is -0.146. The number of amidine groups is 1. The van der Waals surface area contributed by atoms with Crippen LogP contribution in [0.1, 0.15) is 32.1 Å². The Bertz CT molecular complexity index is 623. The Kier molecular flexibility index (Phi) is 8.72. The first kappa shape index (κ1) is 20.8. The predicted octanol–water partition coefficient (Wildman–Crippen LogP) is 2.28. The van der Waals surface area contributed by atoms with E-state index in [0.717, 1.165) is 25.9 Å². The molecule has 7 nitrogen and oxygen atoms in total. The summed E-state index contributed by atoms with van der Waals surface area (Å²) in [5.74, 6) is -0.848.